The predicted molar refractivity (Wildman–Crippen MR) is 125 cm³/mol. The van der Waals surface area contributed by atoms with Gasteiger partial charge in [0.15, 0.2) is 5.96 Å². The van der Waals surface area contributed by atoms with Crippen LogP contribution in [0, 0.1) is 0 Å². The van der Waals surface area contributed by atoms with Crippen molar-refractivity contribution < 1.29 is 9.53 Å². The number of guanidine groups is 1. The Morgan fingerprint density at radius 3 is 2.65 bits per heavy atom. The Labute approximate surface area is 185 Å². The van der Waals surface area contributed by atoms with Crippen LogP contribution in [0.1, 0.15) is 53.7 Å². The highest BCUT2D eigenvalue weighted by atomic mass is 16.5. The summed E-state index contributed by atoms with van der Waals surface area (Å²) in [5, 5.41) is 9.69. The van der Waals surface area contributed by atoms with Gasteiger partial charge in [-0.1, -0.05) is 43.3 Å². The molecule has 6 nitrogen and oxygen atoms in total. The predicted octanol–water partition coefficient (Wildman–Crippen LogP) is 3.41. The summed E-state index contributed by atoms with van der Waals surface area (Å²) >= 11 is 0. The van der Waals surface area contributed by atoms with Gasteiger partial charge in [-0.15, -0.1) is 0 Å². The lowest BCUT2D eigenvalue weighted by Crippen LogP contribution is -2.37. The van der Waals surface area contributed by atoms with Crippen LogP contribution in [-0.2, 0) is 24.2 Å². The molecule has 2 aromatic carbocycles. The monoisotopic (exact) mass is 422 g/mol. The van der Waals surface area contributed by atoms with Gasteiger partial charge < -0.3 is 20.7 Å². The Morgan fingerprint density at radius 2 is 1.90 bits per heavy atom. The Morgan fingerprint density at radius 1 is 1.06 bits per heavy atom. The minimum absolute atomic E-state index is 0.0671. The van der Waals surface area contributed by atoms with E-state index in [9.17, 15) is 4.79 Å². The summed E-state index contributed by atoms with van der Waals surface area (Å²) in [7, 11) is 0. The third-order valence-corrected chi connectivity index (χ3v) is 5.41. The van der Waals surface area contributed by atoms with Crippen molar-refractivity contribution in [3.8, 4) is 0 Å². The molecule has 166 valence electrons. The van der Waals surface area contributed by atoms with Crippen molar-refractivity contribution in [1.29, 1.82) is 0 Å². The van der Waals surface area contributed by atoms with Crippen molar-refractivity contribution in [3.05, 3.63) is 70.8 Å². The summed E-state index contributed by atoms with van der Waals surface area (Å²) in [6, 6.07) is 16.1. The Bertz CT molecular complexity index is 875. The fraction of sp³-hybridized carbons (Fsp3) is 0.440. The van der Waals surface area contributed by atoms with Crippen LogP contribution in [0.3, 0.4) is 0 Å². The Hall–Kier alpha value is -2.86. The second-order valence-corrected chi connectivity index (χ2v) is 7.72. The molecule has 0 aromatic heterocycles. The first-order valence-corrected chi connectivity index (χ1v) is 11.3. The zero-order chi connectivity index (χ0) is 21.9. The van der Waals surface area contributed by atoms with Crippen LogP contribution >= 0.6 is 0 Å². The molecule has 0 aliphatic carbocycles. The van der Waals surface area contributed by atoms with Crippen LogP contribution in [-0.4, -0.2) is 37.7 Å². The van der Waals surface area contributed by atoms with Crippen LogP contribution in [0.25, 0.3) is 0 Å². The number of carbonyl (C=O) groups excluding carboxylic acids is 1. The molecule has 6 heteroatoms. The number of amides is 1. The maximum absolute atomic E-state index is 12.5. The first kappa shape index (κ1) is 22.8. The second-order valence-electron chi connectivity index (χ2n) is 7.72. The maximum Gasteiger partial charge on any atom is 0.251 e. The lowest BCUT2D eigenvalue weighted by Gasteiger charge is -2.14. The van der Waals surface area contributed by atoms with Crippen LogP contribution in [0.2, 0.25) is 0 Å². The normalized spacial score (nSPS) is 16.2. The van der Waals surface area contributed by atoms with Gasteiger partial charge in [0.2, 0.25) is 0 Å². The first-order valence-electron chi connectivity index (χ1n) is 11.3. The van der Waals surface area contributed by atoms with E-state index in [-0.39, 0.29) is 12.0 Å². The largest absolute Gasteiger partial charge is 0.376 e. The van der Waals surface area contributed by atoms with E-state index in [4.69, 9.17) is 9.73 Å². The molecule has 1 amide bonds. The average Bonchev–Trinajstić information content (AvgIpc) is 3.33. The highest BCUT2D eigenvalue weighted by Gasteiger charge is 2.16. The molecule has 1 saturated heterocycles. The number of ether oxygens (including phenoxy) is 1. The summed E-state index contributed by atoms with van der Waals surface area (Å²) in [6.45, 7) is 7.58. The van der Waals surface area contributed by atoms with Gasteiger partial charge in [-0.05, 0) is 55.0 Å². The fourth-order valence-electron chi connectivity index (χ4n) is 3.69. The molecule has 0 radical (unpaired) electrons. The highest BCUT2D eigenvalue weighted by Crippen LogP contribution is 2.12. The number of aliphatic imine (C=N–C) groups is 1. The van der Waals surface area contributed by atoms with Gasteiger partial charge in [0.05, 0.1) is 12.6 Å². The summed E-state index contributed by atoms with van der Waals surface area (Å²) in [5.74, 6) is 0.698. The number of carbonyl (C=O) groups is 1. The van der Waals surface area contributed by atoms with E-state index in [1.807, 2.05) is 24.3 Å². The summed E-state index contributed by atoms with van der Waals surface area (Å²) in [5.41, 5.74) is 4.27. The summed E-state index contributed by atoms with van der Waals surface area (Å²) in [4.78, 5) is 17.2. The minimum atomic E-state index is -0.0671. The van der Waals surface area contributed by atoms with Crippen molar-refractivity contribution in [2.24, 2.45) is 4.99 Å². The van der Waals surface area contributed by atoms with Crippen molar-refractivity contribution in [3.63, 3.8) is 0 Å². The zero-order valence-corrected chi connectivity index (χ0v) is 18.6. The first-order chi connectivity index (χ1) is 15.2. The Balaban J connectivity index is 1.58. The van der Waals surface area contributed by atoms with Crippen molar-refractivity contribution in [2.45, 2.75) is 52.3 Å². The van der Waals surface area contributed by atoms with Gasteiger partial charge in [-0.2, -0.15) is 0 Å². The number of rotatable bonds is 9. The van der Waals surface area contributed by atoms with E-state index < -0.39 is 0 Å². The van der Waals surface area contributed by atoms with E-state index in [2.05, 4.69) is 54.1 Å². The molecule has 1 unspecified atom stereocenters. The molecule has 2 aromatic rings. The van der Waals surface area contributed by atoms with Gasteiger partial charge in [0.1, 0.15) is 0 Å². The molecule has 1 atom stereocenters. The minimum Gasteiger partial charge on any atom is -0.376 e. The highest BCUT2D eigenvalue weighted by molar-refractivity contribution is 5.94. The van der Waals surface area contributed by atoms with Gasteiger partial charge in [0, 0.05) is 31.8 Å². The Kier molecular flexibility index (Phi) is 8.91. The van der Waals surface area contributed by atoms with E-state index >= 15 is 0 Å². The van der Waals surface area contributed by atoms with Crippen LogP contribution in [0.5, 0.6) is 0 Å². The molecular weight excluding hydrogens is 388 g/mol. The average molecular weight is 423 g/mol. The van der Waals surface area contributed by atoms with Crippen LogP contribution in [0.15, 0.2) is 53.5 Å². The van der Waals surface area contributed by atoms with Gasteiger partial charge in [-0.25, -0.2) is 4.99 Å². The molecular formula is C25H34N4O2. The lowest BCUT2D eigenvalue weighted by molar-refractivity contribution is 0.0857. The van der Waals surface area contributed by atoms with Gasteiger partial charge >= 0.3 is 0 Å². The standard InChI is InChI=1S/C25H34N4O2/c1-3-20-10-5-6-11-22(20)17-29-25(26-4-2)28-16-19-9-7-12-21(15-19)24(30)27-18-23-13-8-14-31-23/h5-7,9-12,15,23H,3-4,8,13-14,16-18H2,1-2H3,(H,27,30)(H2,26,28,29). The van der Waals surface area contributed by atoms with E-state index in [1.54, 1.807) is 0 Å². The van der Waals surface area contributed by atoms with Crippen molar-refractivity contribution >= 4 is 11.9 Å². The molecule has 31 heavy (non-hydrogen) atoms. The maximum atomic E-state index is 12.5. The van der Waals surface area contributed by atoms with Crippen LogP contribution < -0.4 is 16.0 Å². The van der Waals surface area contributed by atoms with E-state index in [0.717, 1.165) is 50.5 Å². The quantitative estimate of drug-likeness (QED) is 0.428. The van der Waals surface area contributed by atoms with E-state index in [0.29, 0.717) is 18.7 Å². The number of hydrogen-bond donors (Lipinski definition) is 3. The van der Waals surface area contributed by atoms with Gasteiger partial charge in [-0.3, -0.25) is 4.79 Å². The molecule has 3 rings (SSSR count). The smallest absolute Gasteiger partial charge is 0.251 e. The van der Waals surface area contributed by atoms with Crippen molar-refractivity contribution in [2.75, 3.05) is 19.7 Å². The molecule has 1 aliphatic rings. The lowest BCUT2D eigenvalue weighted by atomic mass is 10.1. The molecule has 1 heterocycles. The summed E-state index contributed by atoms with van der Waals surface area (Å²) < 4.78 is 5.57. The molecule has 0 bridgehead atoms. The fourth-order valence-corrected chi connectivity index (χ4v) is 3.69. The number of hydrogen-bond acceptors (Lipinski definition) is 3. The van der Waals surface area contributed by atoms with Crippen molar-refractivity contribution in [1.82, 2.24) is 16.0 Å². The molecule has 1 fully saturated rings. The SMILES string of the molecule is CCNC(=NCc1cccc(C(=O)NCC2CCCO2)c1)NCc1ccccc1CC. The molecule has 0 saturated carbocycles. The summed E-state index contributed by atoms with van der Waals surface area (Å²) in [6.07, 6.45) is 3.23. The number of nitrogens with one attached hydrogen (secondary N) is 3. The second kappa shape index (κ2) is 12.1. The number of aryl methyl sites for hydroxylation is 1. The third-order valence-electron chi connectivity index (χ3n) is 5.41. The van der Waals surface area contributed by atoms with E-state index in [1.165, 1.54) is 11.1 Å². The topological polar surface area (TPSA) is 74.8 Å². The zero-order valence-electron chi connectivity index (χ0n) is 18.6. The number of nitrogens with zero attached hydrogens (tertiary/aromatic N) is 1. The molecule has 0 spiro atoms. The molecule has 1 aliphatic heterocycles. The van der Waals surface area contributed by atoms with Crippen LogP contribution in [0.4, 0.5) is 0 Å². The number of benzene rings is 2. The molecule has 3 N–H and O–H groups in total. The van der Waals surface area contributed by atoms with Gasteiger partial charge in [0.25, 0.3) is 5.91 Å². The third kappa shape index (κ3) is 7.10.